The van der Waals surface area contributed by atoms with Gasteiger partial charge in [0, 0.05) is 26.7 Å². The van der Waals surface area contributed by atoms with Crippen LogP contribution in [0.15, 0.2) is 46.6 Å². The van der Waals surface area contributed by atoms with E-state index >= 15 is 0 Å². The summed E-state index contributed by atoms with van der Waals surface area (Å²) < 4.78 is 1.25. The molecule has 28 heavy (non-hydrogen) atoms. The molecule has 3 aromatic heterocycles. The van der Waals surface area contributed by atoms with Crippen LogP contribution in [0, 0.1) is 13.8 Å². The Labute approximate surface area is 169 Å². The summed E-state index contributed by atoms with van der Waals surface area (Å²) in [6.07, 6.45) is 0. The Bertz CT molecular complexity index is 1230. The first-order valence-electron chi connectivity index (χ1n) is 8.50. The third kappa shape index (κ3) is 3.32. The fourth-order valence-electron chi connectivity index (χ4n) is 2.79. The van der Waals surface area contributed by atoms with Gasteiger partial charge in [-0.05, 0) is 43.5 Å². The molecule has 0 aliphatic heterocycles. The highest BCUT2D eigenvalue weighted by Crippen LogP contribution is 2.21. The summed E-state index contributed by atoms with van der Waals surface area (Å²) in [7, 11) is 0. The lowest BCUT2D eigenvalue weighted by molar-refractivity contribution is 0.0983. The number of fused-ring (bicyclic) bond motifs is 1. The molecule has 4 aromatic rings. The van der Waals surface area contributed by atoms with Gasteiger partial charge in [-0.25, -0.2) is 4.98 Å². The molecule has 0 spiro atoms. The quantitative estimate of drug-likeness (QED) is 0.554. The number of nitrogens with one attached hydrogen (secondary N) is 1. The van der Waals surface area contributed by atoms with Crippen LogP contribution < -0.4 is 10.5 Å². The van der Waals surface area contributed by atoms with Crippen molar-refractivity contribution in [3.8, 4) is 0 Å². The van der Waals surface area contributed by atoms with Crippen molar-refractivity contribution in [1.82, 2.24) is 19.6 Å². The zero-order chi connectivity index (χ0) is 19.8. The number of halogens is 1. The van der Waals surface area contributed by atoms with Gasteiger partial charge in [0.2, 0.25) is 5.95 Å². The molecule has 0 unspecified atom stereocenters. The third-order valence-corrected chi connectivity index (χ3v) is 5.51. The molecule has 7 nitrogen and oxygen atoms in total. The molecule has 4 rings (SSSR count). The minimum absolute atomic E-state index is 0.221. The topological polar surface area (TPSA) is 83.4 Å². The van der Waals surface area contributed by atoms with Crippen LogP contribution in [0.4, 0.5) is 5.95 Å². The maximum atomic E-state index is 13.2. The van der Waals surface area contributed by atoms with Gasteiger partial charge in [0.25, 0.3) is 17.2 Å². The Balaban J connectivity index is 1.83. The highest BCUT2D eigenvalue weighted by atomic mass is 35.5. The van der Waals surface area contributed by atoms with E-state index in [9.17, 15) is 9.59 Å². The van der Waals surface area contributed by atoms with E-state index < -0.39 is 0 Å². The van der Waals surface area contributed by atoms with Crippen molar-refractivity contribution < 1.29 is 4.79 Å². The van der Waals surface area contributed by atoms with E-state index in [0.717, 1.165) is 4.88 Å². The molecule has 1 N–H and O–H groups in total. The number of carbonyl (C=O) groups is 1. The summed E-state index contributed by atoms with van der Waals surface area (Å²) in [5.74, 6) is 0.183. The second-order valence-corrected chi connectivity index (χ2v) is 7.76. The lowest BCUT2D eigenvalue weighted by atomic mass is 10.2. The second-order valence-electron chi connectivity index (χ2n) is 6.29. The van der Waals surface area contributed by atoms with E-state index in [2.05, 4.69) is 15.1 Å². The number of hydrogen-bond acceptors (Lipinski definition) is 5. The van der Waals surface area contributed by atoms with E-state index in [1.54, 1.807) is 38.1 Å². The molecular weight excluding hydrogens is 398 g/mol. The number of H-pyrrole nitrogens is 1. The van der Waals surface area contributed by atoms with E-state index in [1.807, 2.05) is 17.5 Å². The Morgan fingerprint density at radius 1 is 1.25 bits per heavy atom. The number of benzene rings is 1. The molecule has 1 aromatic carbocycles. The van der Waals surface area contributed by atoms with Crippen LogP contribution >= 0.6 is 22.9 Å². The number of aryl methyl sites for hydroxylation is 1. The third-order valence-electron chi connectivity index (χ3n) is 4.42. The number of rotatable bonds is 4. The van der Waals surface area contributed by atoms with E-state index in [0.29, 0.717) is 28.4 Å². The first-order chi connectivity index (χ1) is 13.4. The zero-order valence-electron chi connectivity index (χ0n) is 15.1. The smallest absolute Gasteiger partial charge is 0.272 e. The van der Waals surface area contributed by atoms with Crippen LogP contribution in [0.1, 0.15) is 26.5 Å². The normalized spacial score (nSPS) is 11.1. The van der Waals surface area contributed by atoms with E-state index in [1.165, 1.54) is 20.8 Å². The van der Waals surface area contributed by atoms with Gasteiger partial charge in [-0.3, -0.25) is 19.6 Å². The number of aromatic nitrogens is 4. The maximum absolute atomic E-state index is 13.2. The number of aromatic amines is 1. The van der Waals surface area contributed by atoms with Gasteiger partial charge >= 0.3 is 0 Å². The first-order valence-corrected chi connectivity index (χ1v) is 9.75. The average Bonchev–Trinajstić information content (AvgIpc) is 3.33. The van der Waals surface area contributed by atoms with Gasteiger partial charge in [-0.2, -0.15) is 9.50 Å². The van der Waals surface area contributed by atoms with Crippen molar-refractivity contribution in [2.24, 2.45) is 0 Å². The fraction of sp³-hybridized carbons (Fsp3) is 0.158. The van der Waals surface area contributed by atoms with Crippen LogP contribution in [-0.4, -0.2) is 25.5 Å². The predicted molar refractivity (Wildman–Crippen MR) is 109 cm³/mol. The van der Waals surface area contributed by atoms with Crippen LogP contribution in [0.2, 0.25) is 5.02 Å². The zero-order valence-corrected chi connectivity index (χ0v) is 16.7. The number of nitrogens with zero attached hydrogens (tertiary/aromatic N) is 4. The van der Waals surface area contributed by atoms with Crippen LogP contribution in [0.5, 0.6) is 0 Å². The number of carbonyl (C=O) groups excluding carboxylic acids is 1. The maximum Gasteiger partial charge on any atom is 0.277 e. The molecule has 3 heterocycles. The van der Waals surface area contributed by atoms with Gasteiger partial charge < -0.3 is 0 Å². The number of amides is 1. The first kappa shape index (κ1) is 18.4. The van der Waals surface area contributed by atoms with Crippen molar-refractivity contribution in [1.29, 1.82) is 0 Å². The lowest BCUT2D eigenvalue weighted by Crippen LogP contribution is -2.31. The highest BCUT2D eigenvalue weighted by molar-refractivity contribution is 7.09. The molecule has 0 saturated carbocycles. The molecule has 0 aliphatic carbocycles. The molecular formula is C19H16ClN5O2S. The molecule has 1 amide bonds. The van der Waals surface area contributed by atoms with Gasteiger partial charge in [0.15, 0.2) is 0 Å². The summed E-state index contributed by atoms with van der Waals surface area (Å²) in [6, 6.07) is 10.6. The predicted octanol–water partition coefficient (Wildman–Crippen LogP) is 3.60. The Kier molecular flexibility index (Phi) is 4.74. The lowest BCUT2D eigenvalue weighted by Gasteiger charge is -2.19. The molecule has 0 bridgehead atoms. The minimum Gasteiger partial charge on any atom is -0.272 e. The van der Waals surface area contributed by atoms with Crippen molar-refractivity contribution in [3.05, 3.63) is 78.9 Å². The Morgan fingerprint density at radius 2 is 2.07 bits per heavy atom. The monoisotopic (exact) mass is 413 g/mol. The van der Waals surface area contributed by atoms with Crippen molar-refractivity contribution in [2.45, 2.75) is 20.4 Å². The summed E-state index contributed by atoms with van der Waals surface area (Å²) in [5, 5.41) is 5.32. The summed E-state index contributed by atoms with van der Waals surface area (Å²) in [6.45, 7) is 3.76. The van der Waals surface area contributed by atoms with Crippen LogP contribution in [-0.2, 0) is 6.54 Å². The molecule has 0 atom stereocenters. The Morgan fingerprint density at radius 3 is 2.79 bits per heavy atom. The summed E-state index contributed by atoms with van der Waals surface area (Å²) in [5.41, 5.74) is 1.32. The van der Waals surface area contributed by atoms with Crippen molar-refractivity contribution in [2.75, 3.05) is 4.90 Å². The molecule has 0 fully saturated rings. The van der Waals surface area contributed by atoms with E-state index in [4.69, 9.17) is 11.6 Å². The molecule has 0 saturated heterocycles. The van der Waals surface area contributed by atoms with Gasteiger partial charge in [0.1, 0.15) is 0 Å². The van der Waals surface area contributed by atoms with Gasteiger partial charge in [0.05, 0.1) is 6.54 Å². The molecule has 142 valence electrons. The van der Waals surface area contributed by atoms with Crippen molar-refractivity contribution in [3.63, 3.8) is 0 Å². The van der Waals surface area contributed by atoms with E-state index in [-0.39, 0.29) is 23.2 Å². The largest absolute Gasteiger partial charge is 0.277 e. The molecule has 9 heteroatoms. The standard InChI is InChI=1S/C19H16ClN5O2S/c1-11-12(2)21-18-22-19(23-25(18)16(11)26)24(10-15-7-4-8-28-15)17(27)13-5-3-6-14(20)9-13/h3-9H,10H2,1-2H3,(H,21,22,23). The SMILES string of the molecule is Cc1nc2nc(N(Cc3cccs3)C(=O)c3cccc(Cl)c3)[nH]n2c(=O)c1C. The van der Waals surface area contributed by atoms with Crippen LogP contribution in [0.25, 0.3) is 5.78 Å². The summed E-state index contributed by atoms with van der Waals surface area (Å²) >= 11 is 7.59. The summed E-state index contributed by atoms with van der Waals surface area (Å²) in [4.78, 5) is 36.9. The number of thiophene rings is 1. The molecule has 0 aliphatic rings. The number of hydrogen-bond donors (Lipinski definition) is 1. The molecule has 0 radical (unpaired) electrons. The fourth-order valence-corrected chi connectivity index (χ4v) is 3.67. The van der Waals surface area contributed by atoms with Crippen LogP contribution in [0.3, 0.4) is 0 Å². The second kappa shape index (κ2) is 7.21. The number of anilines is 1. The van der Waals surface area contributed by atoms with Gasteiger partial charge in [-0.1, -0.05) is 23.7 Å². The van der Waals surface area contributed by atoms with Gasteiger partial charge in [-0.15, -0.1) is 11.3 Å². The highest BCUT2D eigenvalue weighted by Gasteiger charge is 2.23. The average molecular weight is 414 g/mol. The minimum atomic E-state index is -0.281. The van der Waals surface area contributed by atoms with Crippen molar-refractivity contribution >= 4 is 40.6 Å². The Hall–Kier alpha value is -2.97.